The molecule has 1 aliphatic rings. The number of nitrogens with one attached hydrogen (secondary N) is 1. The number of ether oxygens (including phenoxy) is 2. The minimum atomic E-state index is -1.57. The smallest absolute Gasteiger partial charge is 0.220 e. The van der Waals surface area contributed by atoms with E-state index in [-0.39, 0.29) is 12.5 Å². The molecular weight excluding hydrogens is 791 g/mol. The molecule has 0 aromatic heterocycles. The van der Waals surface area contributed by atoms with Crippen LogP contribution in [0, 0.1) is 0 Å². The van der Waals surface area contributed by atoms with E-state index < -0.39 is 49.5 Å². The SMILES string of the molecule is CCCCCCC/C=C\C/C=C\C/C=C\CCCCCCCCCCCCCCCCC(=O)NC(COC1OC(CO)C(O)C(O)C1O)C(O)/C=C/CCCCCCCCCCC. The Labute approximate surface area is 386 Å². The highest BCUT2D eigenvalue weighted by Crippen LogP contribution is 2.23. The number of unbranched alkanes of at least 4 members (excludes halogenated alkanes) is 28. The number of rotatable bonds is 44. The highest BCUT2D eigenvalue weighted by Gasteiger charge is 2.44. The maximum absolute atomic E-state index is 13.0. The lowest BCUT2D eigenvalue weighted by Gasteiger charge is -2.40. The van der Waals surface area contributed by atoms with E-state index in [0.29, 0.717) is 6.42 Å². The van der Waals surface area contributed by atoms with Gasteiger partial charge in [-0.2, -0.15) is 0 Å². The van der Waals surface area contributed by atoms with Crippen molar-refractivity contribution in [3.8, 4) is 0 Å². The first-order valence-electron chi connectivity index (χ1n) is 26.4. The molecule has 0 bridgehead atoms. The van der Waals surface area contributed by atoms with Crippen LogP contribution in [0.5, 0.6) is 0 Å². The molecule has 0 saturated carbocycles. The fourth-order valence-electron chi connectivity index (χ4n) is 8.16. The Kier molecular flexibility index (Phi) is 41.3. The van der Waals surface area contributed by atoms with E-state index in [1.54, 1.807) is 6.08 Å². The van der Waals surface area contributed by atoms with Gasteiger partial charge in [0.25, 0.3) is 0 Å². The van der Waals surface area contributed by atoms with Crippen molar-refractivity contribution < 1.29 is 39.8 Å². The first-order valence-corrected chi connectivity index (χ1v) is 26.4. The minimum absolute atomic E-state index is 0.179. The summed E-state index contributed by atoms with van der Waals surface area (Å²) in [6, 6.07) is -0.804. The van der Waals surface area contributed by atoms with Crippen LogP contribution in [0.4, 0.5) is 0 Å². The van der Waals surface area contributed by atoms with Gasteiger partial charge in [-0.3, -0.25) is 4.79 Å². The van der Waals surface area contributed by atoms with Crippen LogP contribution in [0.2, 0.25) is 0 Å². The van der Waals surface area contributed by atoms with Gasteiger partial charge in [0, 0.05) is 6.42 Å². The lowest BCUT2D eigenvalue weighted by molar-refractivity contribution is -0.302. The second-order valence-corrected chi connectivity index (χ2v) is 18.3. The number of hydrogen-bond acceptors (Lipinski definition) is 8. The summed E-state index contributed by atoms with van der Waals surface area (Å²) >= 11 is 0. The van der Waals surface area contributed by atoms with E-state index >= 15 is 0 Å². The molecule has 1 aliphatic heterocycles. The van der Waals surface area contributed by atoms with Gasteiger partial charge in [0.1, 0.15) is 24.4 Å². The van der Waals surface area contributed by atoms with Crippen LogP contribution >= 0.6 is 0 Å². The molecule has 7 unspecified atom stereocenters. The Morgan fingerprint density at radius 3 is 1.38 bits per heavy atom. The zero-order valence-electron chi connectivity index (χ0n) is 40.6. The molecule has 368 valence electrons. The van der Waals surface area contributed by atoms with Crippen LogP contribution in [-0.4, -0.2) is 87.5 Å². The Morgan fingerprint density at radius 2 is 0.937 bits per heavy atom. The Hall–Kier alpha value is -1.85. The molecule has 1 rings (SSSR count). The monoisotopic (exact) mass is 890 g/mol. The molecule has 6 N–H and O–H groups in total. The van der Waals surface area contributed by atoms with Gasteiger partial charge in [0.05, 0.1) is 25.4 Å². The second-order valence-electron chi connectivity index (χ2n) is 18.3. The fourth-order valence-corrected chi connectivity index (χ4v) is 8.16. The summed E-state index contributed by atoms with van der Waals surface area (Å²) in [5.41, 5.74) is 0. The van der Waals surface area contributed by atoms with Crippen molar-refractivity contribution >= 4 is 5.91 Å². The van der Waals surface area contributed by atoms with Crippen molar-refractivity contribution in [1.29, 1.82) is 0 Å². The lowest BCUT2D eigenvalue weighted by Crippen LogP contribution is -2.60. The molecule has 0 aromatic carbocycles. The normalized spacial score (nSPS) is 20.5. The third-order valence-corrected chi connectivity index (χ3v) is 12.4. The van der Waals surface area contributed by atoms with Crippen molar-refractivity contribution in [2.45, 2.75) is 275 Å². The molecule has 9 nitrogen and oxygen atoms in total. The summed E-state index contributed by atoms with van der Waals surface area (Å²) in [6.07, 6.45) is 50.3. The van der Waals surface area contributed by atoms with E-state index in [4.69, 9.17) is 9.47 Å². The zero-order valence-corrected chi connectivity index (χ0v) is 40.6. The number of aliphatic hydroxyl groups excluding tert-OH is 5. The van der Waals surface area contributed by atoms with Gasteiger partial charge in [0.2, 0.25) is 5.91 Å². The fraction of sp³-hybridized carbons (Fsp3) is 0.833. The number of amides is 1. The van der Waals surface area contributed by atoms with Gasteiger partial charge in [-0.25, -0.2) is 0 Å². The highest BCUT2D eigenvalue weighted by atomic mass is 16.7. The predicted octanol–water partition coefficient (Wildman–Crippen LogP) is 12.2. The molecule has 0 aliphatic carbocycles. The van der Waals surface area contributed by atoms with Crippen LogP contribution in [-0.2, 0) is 14.3 Å². The summed E-state index contributed by atoms with van der Waals surface area (Å²) in [5, 5.41) is 54.2. The Balaban J connectivity index is 2.17. The van der Waals surface area contributed by atoms with E-state index in [2.05, 4.69) is 55.6 Å². The second kappa shape index (κ2) is 44.0. The molecule has 0 spiro atoms. The average molecular weight is 890 g/mol. The molecule has 9 heteroatoms. The van der Waals surface area contributed by atoms with Gasteiger partial charge in [0.15, 0.2) is 6.29 Å². The molecule has 1 heterocycles. The minimum Gasteiger partial charge on any atom is -0.394 e. The van der Waals surface area contributed by atoms with Gasteiger partial charge in [-0.05, 0) is 57.8 Å². The summed E-state index contributed by atoms with van der Waals surface area (Å²) in [7, 11) is 0. The number of aliphatic hydroxyl groups is 5. The number of carbonyl (C=O) groups excluding carboxylic acids is 1. The van der Waals surface area contributed by atoms with Gasteiger partial charge in [-0.1, -0.05) is 217 Å². The van der Waals surface area contributed by atoms with Crippen molar-refractivity contribution in [2.75, 3.05) is 13.2 Å². The quantitative estimate of drug-likeness (QED) is 0.0262. The molecule has 63 heavy (non-hydrogen) atoms. The average Bonchev–Trinajstić information content (AvgIpc) is 3.28. The van der Waals surface area contributed by atoms with Crippen molar-refractivity contribution in [3.05, 3.63) is 48.6 Å². The first kappa shape index (κ1) is 59.2. The van der Waals surface area contributed by atoms with Crippen molar-refractivity contribution in [3.63, 3.8) is 0 Å². The topological polar surface area (TPSA) is 149 Å². The largest absolute Gasteiger partial charge is 0.394 e. The van der Waals surface area contributed by atoms with Crippen LogP contribution in [0.15, 0.2) is 48.6 Å². The molecule has 1 saturated heterocycles. The Morgan fingerprint density at radius 1 is 0.540 bits per heavy atom. The number of allylic oxidation sites excluding steroid dienone is 7. The van der Waals surface area contributed by atoms with E-state index in [9.17, 15) is 30.3 Å². The molecule has 1 amide bonds. The van der Waals surface area contributed by atoms with E-state index in [0.717, 1.165) is 51.4 Å². The van der Waals surface area contributed by atoms with Gasteiger partial charge >= 0.3 is 0 Å². The van der Waals surface area contributed by atoms with Crippen LogP contribution < -0.4 is 5.32 Å². The molecule has 7 atom stereocenters. The number of carbonyl (C=O) groups is 1. The maximum atomic E-state index is 13.0. The van der Waals surface area contributed by atoms with E-state index in [1.165, 1.54) is 161 Å². The number of hydrogen-bond donors (Lipinski definition) is 6. The van der Waals surface area contributed by atoms with Crippen LogP contribution in [0.3, 0.4) is 0 Å². The van der Waals surface area contributed by atoms with E-state index in [1.807, 2.05) is 6.08 Å². The first-order chi connectivity index (χ1) is 30.8. The predicted molar refractivity (Wildman–Crippen MR) is 263 cm³/mol. The van der Waals surface area contributed by atoms with Crippen LogP contribution in [0.25, 0.3) is 0 Å². The molecule has 1 fully saturated rings. The lowest BCUT2D eigenvalue weighted by atomic mass is 9.99. The van der Waals surface area contributed by atoms with Crippen LogP contribution in [0.1, 0.15) is 232 Å². The molecule has 0 aromatic rings. The van der Waals surface area contributed by atoms with Crippen molar-refractivity contribution in [2.24, 2.45) is 0 Å². The third kappa shape index (κ3) is 34.2. The summed E-state index contributed by atoms with van der Waals surface area (Å²) in [5.74, 6) is -0.179. The highest BCUT2D eigenvalue weighted by molar-refractivity contribution is 5.76. The summed E-state index contributed by atoms with van der Waals surface area (Å²) in [4.78, 5) is 13.0. The molecular formula is C54H99NO8. The maximum Gasteiger partial charge on any atom is 0.220 e. The zero-order chi connectivity index (χ0) is 45.9. The van der Waals surface area contributed by atoms with Gasteiger partial charge in [-0.15, -0.1) is 0 Å². The van der Waals surface area contributed by atoms with Crippen molar-refractivity contribution in [1.82, 2.24) is 5.32 Å². The van der Waals surface area contributed by atoms with Gasteiger partial charge < -0.3 is 40.3 Å². The molecule has 0 radical (unpaired) electrons. The third-order valence-electron chi connectivity index (χ3n) is 12.4. The standard InChI is InChI=1S/C54H99NO8/c1-3-5-7-9-11-13-15-16-17-18-19-20-21-22-23-24-25-26-27-28-29-30-31-32-34-36-38-40-42-44-50(58)55-47(46-62-54-53(61)52(60)51(59)49(45-56)63-54)48(57)43-41-39-37-35-33-14-12-10-8-6-4-2/h15-16,18-19,21-22,41,43,47-49,51-54,56-57,59-61H,3-14,17,20,23-40,42,44-46H2,1-2H3,(H,55,58)/b16-15-,19-18-,22-21-,43-41+. The summed E-state index contributed by atoms with van der Waals surface area (Å²) < 4.78 is 11.2. The Bertz CT molecular complexity index is 1130. The summed E-state index contributed by atoms with van der Waals surface area (Å²) in [6.45, 7) is 3.75.